The third-order valence-electron chi connectivity index (χ3n) is 3.23. The van der Waals surface area contributed by atoms with Crippen LogP contribution in [0.15, 0.2) is 22.8 Å². The SMILES string of the molecule is CC(NC(=O)c1ccco1)C(=O)NCC(N)C1CC1.Cl. The Morgan fingerprint density at radius 2 is 2.20 bits per heavy atom. The Morgan fingerprint density at radius 3 is 2.75 bits per heavy atom. The molecule has 2 amide bonds. The van der Waals surface area contributed by atoms with E-state index in [0.717, 1.165) is 12.8 Å². The van der Waals surface area contributed by atoms with Gasteiger partial charge in [-0.15, -0.1) is 12.4 Å². The summed E-state index contributed by atoms with van der Waals surface area (Å²) >= 11 is 0. The smallest absolute Gasteiger partial charge is 0.287 e. The van der Waals surface area contributed by atoms with Crippen molar-refractivity contribution in [3.05, 3.63) is 24.2 Å². The van der Waals surface area contributed by atoms with E-state index in [-0.39, 0.29) is 30.1 Å². The molecule has 0 aliphatic heterocycles. The lowest BCUT2D eigenvalue weighted by Crippen LogP contribution is -2.48. The first kappa shape index (κ1) is 16.5. The molecule has 0 saturated heterocycles. The molecule has 1 aliphatic rings. The lowest BCUT2D eigenvalue weighted by Gasteiger charge is -2.16. The van der Waals surface area contributed by atoms with Crippen LogP contribution in [0.1, 0.15) is 30.3 Å². The Hall–Kier alpha value is -1.53. The minimum Gasteiger partial charge on any atom is -0.459 e. The number of carbonyl (C=O) groups excluding carboxylic acids is 2. The highest BCUT2D eigenvalue weighted by Gasteiger charge is 2.29. The van der Waals surface area contributed by atoms with Crippen molar-refractivity contribution in [1.82, 2.24) is 10.6 Å². The quantitative estimate of drug-likeness (QED) is 0.719. The summed E-state index contributed by atoms with van der Waals surface area (Å²) in [6.45, 7) is 2.07. The molecule has 0 spiro atoms. The Morgan fingerprint density at radius 1 is 1.50 bits per heavy atom. The van der Waals surface area contributed by atoms with Gasteiger partial charge in [0.2, 0.25) is 5.91 Å². The van der Waals surface area contributed by atoms with E-state index in [1.54, 1.807) is 19.1 Å². The molecular formula is C13H20ClN3O3. The van der Waals surface area contributed by atoms with Crippen molar-refractivity contribution in [3.63, 3.8) is 0 Å². The Bertz CT molecular complexity index is 446. The zero-order chi connectivity index (χ0) is 13.8. The summed E-state index contributed by atoms with van der Waals surface area (Å²) in [6.07, 6.45) is 3.69. The summed E-state index contributed by atoms with van der Waals surface area (Å²) in [5.41, 5.74) is 5.89. The number of nitrogens with two attached hydrogens (primary N) is 1. The molecule has 2 rings (SSSR count). The lowest BCUT2D eigenvalue weighted by atomic mass is 10.2. The van der Waals surface area contributed by atoms with Crippen LogP contribution in [0.2, 0.25) is 0 Å². The molecule has 1 fully saturated rings. The number of nitrogens with one attached hydrogen (secondary N) is 2. The predicted octanol–water partition coefficient (Wildman–Crippen LogP) is 0.673. The molecule has 1 saturated carbocycles. The van der Waals surface area contributed by atoms with Crippen LogP contribution in [-0.2, 0) is 4.79 Å². The second-order valence-corrected chi connectivity index (χ2v) is 4.92. The first-order valence-electron chi connectivity index (χ1n) is 6.45. The number of hydrogen-bond acceptors (Lipinski definition) is 4. The second kappa shape index (κ2) is 7.31. The van der Waals surface area contributed by atoms with Crippen molar-refractivity contribution in [3.8, 4) is 0 Å². The summed E-state index contributed by atoms with van der Waals surface area (Å²) < 4.78 is 4.95. The van der Waals surface area contributed by atoms with E-state index in [2.05, 4.69) is 10.6 Å². The molecular weight excluding hydrogens is 282 g/mol. The average molecular weight is 302 g/mol. The molecule has 0 radical (unpaired) electrons. The highest BCUT2D eigenvalue weighted by Crippen LogP contribution is 2.31. The molecule has 6 nitrogen and oxygen atoms in total. The number of hydrogen-bond donors (Lipinski definition) is 3. The van der Waals surface area contributed by atoms with Gasteiger partial charge in [-0.1, -0.05) is 0 Å². The van der Waals surface area contributed by atoms with E-state index < -0.39 is 11.9 Å². The van der Waals surface area contributed by atoms with Crippen molar-refractivity contribution in [2.24, 2.45) is 11.7 Å². The minimum absolute atomic E-state index is 0. The molecule has 1 aromatic heterocycles. The Balaban J connectivity index is 0.00000200. The summed E-state index contributed by atoms with van der Waals surface area (Å²) in [5, 5.41) is 5.31. The Kier molecular flexibility index (Phi) is 6.04. The van der Waals surface area contributed by atoms with E-state index in [1.807, 2.05) is 0 Å². The van der Waals surface area contributed by atoms with Crippen molar-refractivity contribution in [1.29, 1.82) is 0 Å². The van der Waals surface area contributed by atoms with Crippen molar-refractivity contribution in [2.45, 2.75) is 31.8 Å². The lowest BCUT2D eigenvalue weighted by molar-refractivity contribution is -0.122. The molecule has 2 unspecified atom stereocenters. The molecule has 1 aliphatic carbocycles. The van der Waals surface area contributed by atoms with Gasteiger partial charge in [-0.05, 0) is 37.8 Å². The Labute approximate surface area is 123 Å². The van der Waals surface area contributed by atoms with Crippen LogP contribution >= 0.6 is 12.4 Å². The molecule has 4 N–H and O–H groups in total. The van der Waals surface area contributed by atoms with Gasteiger partial charge in [0, 0.05) is 12.6 Å². The summed E-state index contributed by atoms with van der Waals surface area (Å²) in [4.78, 5) is 23.5. The summed E-state index contributed by atoms with van der Waals surface area (Å²) in [7, 11) is 0. The number of halogens is 1. The molecule has 20 heavy (non-hydrogen) atoms. The fraction of sp³-hybridized carbons (Fsp3) is 0.538. The summed E-state index contributed by atoms with van der Waals surface area (Å²) in [6, 6.07) is 2.55. The molecule has 2 atom stereocenters. The fourth-order valence-corrected chi connectivity index (χ4v) is 1.80. The van der Waals surface area contributed by atoms with Crippen LogP contribution in [0.3, 0.4) is 0 Å². The molecule has 1 aromatic rings. The van der Waals surface area contributed by atoms with E-state index in [4.69, 9.17) is 10.2 Å². The molecule has 1 heterocycles. The van der Waals surface area contributed by atoms with Gasteiger partial charge in [0.1, 0.15) is 6.04 Å². The van der Waals surface area contributed by atoms with Crippen molar-refractivity contribution >= 4 is 24.2 Å². The normalized spacial score (nSPS) is 16.7. The zero-order valence-electron chi connectivity index (χ0n) is 11.3. The van der Waals surface area contributed by atoms with Crippen LogP contribution in [0.5, 0.6) is 0 Å². The van der Waals surface area contributed by atoms with E-state index in [9.17, 15) is 9.59 Å². The molecule has 112 valence electrons. The third-order valence-corrected chi connectivity index (χ3v) is 3.23. The molecule has 0 aromatic carbocycles. The fourth-order valence-electron chi connectivity index (χ4n) is 1.80. The third kappa shape index (κ3) is 4.54. The second-order valence-electron chi connectivity index (χ2n) is 4.92. The maximum Gasteiger partial charge on any atom is 0.287 e. The maximum atomic E-state index is 11.8. The van der Waals surface area contributed by atoms with Crippen molar-refractivity contribution < 1.29 is 14.0 Å². The van der Waals surface area contributed by atoms with Crippen molar-refractivity contribution in [2.75, 3.05) is 6.54 Å². The number of rotatable bonds is 6. The molecule has 0 bridgehead atoms. The van der Waals surface area contributed by atoms with E-state index >= 15 is 0 Å². The zero-order valence-corrected chi connectivity index (χ0v) is 12.1. The van der Waals surface area contributed by atoms with Crippen LogP contribution < -0.4 is 16.4 Å². The standard InChI is InChI=1S/C13H19N3O3.ClH/c1-8(16-13(18)11-3-2-6-19-11)12(17)15-7-10(14)9-4-5-9;/h2-3,6,8-10H,4-5,7,14H2,1H3,(H,15,17)(H,16,18);1H. The highest BCUT2D eigenvalue weighted by molar-refractivity contribution is 5.95. The van der Waals surface area contributed by atoms with Crippen LogP contribution in [-0.4, -0.2) is 30.4 Å². The van der Waals surface area contributed by atoms with Gasteiger partial charge < -0.3 is 20.8 Å². The van der Waals surface area contributed by atoms with Crippen LogP contribution in [0.4, 0.5) is 0 Å². The first-order chi connectivity index (χ1) is 9.08. The predicted molar refractivity (Wildman–Crippen MR) is 76.6 cm³/mol. The minimum atomic E-state index is -0.621. The number of furan rings is 1. The molecule has 7 heteroatoms. The highest BCUT2D eigenvalue weighted by atomic mass is 35.5. The first-order valence-corrected chi connectivity index (χ1v) is 6.45. The number of carbonyl (C=O) groups is 2. The van der Waals surface area contributed by atoms with Gasteiger partial charge in [0.05, 0.1) is 6.26 Å². The van der Waals surface area contributed by atoms with Crippen LogP contribution in [0.25, 0.3) is 0 Å². The number of amides is 2. The van der Waals surface area contributed by atoms with Gasteiger partial charge in [-0.2, -0.15) is 0 Å². The van der Waals surface area contributed by atoms with Gasteiger partial charge in [0.15, 0.2) is 5.76 Å². The van der Waals surface area contributed by atoms with Crippen LogP contribution in [0, 0.1) is 5.92 Å². The largest absolute Gasteiger partial charge is 0.459 e. The van der Waals surface area contributed by atoms with Gasteiger partial charge in [-0.25, -0.2) is 0 Å². The van der Waals surface area contributed by atoms with E-state index in [1.165, 1.54) is 6.26 Å². The van der Waals surface area contributed by atoms with E-state index in [0.29, 0.717) is 12.5 Å². The monoisotopic (exact) mass is 301 g/mol. The van der Waals surface area contributed by atoms with Gasteiger partial charge in [-0.3, -0.25) is 9.59 Å². The topological polar surface area (TPSA) is 97.4 Å². The summed E-state index contributed by atoms with van der Waals surface area (Å²) in [5.74, 6) is 0.0813. The maximum absolute atomic E-state index is 11.8. The average Bonchev–Trinajstić information content (AvgIpc) is 3.10. The van der Waals surface area contributed by atoms with Gasteiger partial charge in [0.25, 0.3) is 5.91 Å². The van der Waals surface area contributed by atoms with Gasteiger partial charge >= 0.3 is 0 Å².